The molecule has 14 heavy (non-hydrogen) atoms. The predicted octanol–water partition coefficient (Wildman–Crippen LogP) is 0.0450. The summed E-state index contributed by atoms with van der Waals surface area (Å²) < 4.78 is 0. The van der Waals surface area contributed by atoms with Gasteiger partial charge in [0.25, 0.3) is 0 Å². The van der Waals surface area contributed by atoms with Crippen LogP contribution in [-0.2, 0) is 11.3 Å². The number of rotatable bonds is 3. The highest BCUT2D eigenvalue weighted by molar-refractivity contribution is 5.82. The summed E-state index contributed by atoms with van der Waals surface area (Å²) in [5.41, 5.74) is 6.57. The highest BCUT2D eigenvalue weighted by atomic mass is 16.2. The van der Waals surface area contributed by atoms with E-state index in [1.54, 1.807) is 12.4 Å². The minimum Gasteiger partial charge on any atom is -0.352 e. The van der Waals surface area contributed by atoms with Crippen molar-refractivity contribution in [2.45, 2.75) is 19.0 Å². The molecule has 0 aliphatic heterocycles. The van der Waals surface area contributed by atoms with Crippen LogP contribution >= 0.6 is 0 Å². The van der Waals surface area contributed by atoms with Crippen molar-refractivity contribution < 1.29 is 4.79 Å². The second-order valence-electron chi connectivity index (χ2n) is 3.59. The molecule has 2 rings (SSSR count). The van der Waals surface area contributed by atoms with E-state index in [1.165, 1.54) is 0 Å². The highest BCUT2D eigenvalue weighted by Gasteiger charge is 2.39. The van der Waals surface area contributed by atoms with Crippen molar-refractivity contribution in [3.63, 3.8) is 0 Å². The Morgan fingerprint density at radius 3 is 3.07 bits per heavy atom. The van der Waals surface area contributed by atoms with Gasteiger partial charge in [-0.3, -0.25) is 9.78 Å². The SMILES string of the molecule is NC1CC1C(=O)NCc1cccnc1. The van der Waals surface area contributed by atoms with Crippen molar-refractivity contribution in [1.29, 1.82) is 0 Å². The molecule has 1 heterocycles. The molecule has 0 spiro atoms. The summed E-state index contributed by atoms with van der Waals surface area (Å²) in [5.74, 6) is 0.0908. The van der Waals surface area contributed by atoms with Crippen LogP contribution in [0.25, 0.3) is 0 Å². The number of carbonyl (C=O) groups excluding carboxylic acids is 1. The van der Waals surface area contributed by atoms with Crippen molar-refractivity contribution >= 4 is 5.91 Å². The third-order valence-electron chi connectivity index (χ3n) is 2.37. The van der Waals surface area contributed by atoms with Gasteiger partial charge in [0.05, 0.1) is 5.92 Å². The molecule has 1 aromatic heterocycles. The van der Waals surface area contributed by atoms with E-state index in [0.717, 1.165) is 12.0 Å². The second kappa shape index (κ2) is 3.75. The smallest absolute Gasteiger partial charge is 0.225 e. The number of amides is 1. The monoisotopic (exact) mass is 191 g/mol. The van der Waals surface area contributed by atoms with E-state index in [9.17, 15) is 4.79 Å². The number of hydrogen-bond donors (Lipinski definition) is 2. The molecular formula is C10H13N3O. The molecule has 1 aliphatic carbocycles. The highest BCUT2D eigenvalue weighted by Crippen LogP contribution is 2.27. The maximum Gasteiger partial charge on any atom is 0.225 e. The van der Waals surface area contributed by atoms with Crippen LogP contribution in [0.4, 0.5) is 0 Å². The van der Waals surface area contributed by atoms with Gasteiger partial charge in [0.15, 0.2) is 0 Å². The fourth-order valence-corrected chi connectivity index (χ4v) is 1.34. The van der Waals surface area contributed by atoms with Gasteiger partial charge in [-0.2, -0.15) is 0 Å². The van der Waals surface area contributed by atoms with Crippen LogP contribution in [0, 0.1) is 5.92 Å². The Morgan fingerprint density at radius 1 is 1.71 bits per heavy atom. The molecule has 0 saturated heterocycles. The Labute approximate surface area is 82.5 Å². The Balaban J connectivity index is 1.80. The topological polar surface area (TPSA) is 68.0 Å². The molecule has 3 N–H and O–H groups in total. The summed E-state index contributed by atoms with van der Waals surface area (Å²) in [6.45, 7) is 0.538. The second-order valence-corrected chi connectivity index (χ2v) is 3.59. The first-order valence-corrected chi connectivity index (χ1v) is 4.69. The number of hydrogen-bond acceptors (Lipinski definition) is 3. The van der Waals surface area contributed by atoms with E-state index in [0.29, 0.717) is 6.54 Å². The number of pyridine rings is 1. The molecular weight excluding hydrogens is 178 g/mol. The van der Waals surface area contributed by atoms with E-state index in [-0.39, 0.29) is 17.9 Å². The van der Waals surface area contributed by atoms with Gasteiger partial charge in [0, 0.05) is 25.0 Å². The summed E-state index contributed by atoms with van der Waals surface area (Å²) in [6.07, 6.45) is 4.27. The minimum absolute atomic E-state index is 0.0340. The zero-order valence-corrected chi connectivity index (χ0v) is 7.81. The Hall–Kier alpha value is -1.42. The van der Waals surface area contributed by atoms with E-state index >= 15 is 0 Å². The largest absolute Gasteiger partial charge is 0.352 e. The minimum atomic E-state index is 0.0340. The van der Waals surface area contributed by atoms with Gasteiger partial charge < -0.3 is 11.1 Å². The summed E-state index contributed by atoms with van der Waals surface area (Å²) in [4.78, 5) is 15.3. The lowest BCUT2D eigenvalue weighted by Gasteiger charge is -2.03. The van der Waals surface area contributed by atoms with Crippen LogP contribution in [0.1, 0.15) is 12.0 Å². The lowest BCUT2D eigenvalue weighted by atomic mass is 10.3. The standard InChI is InChI=1S/C10H13N3O/c11-9-4-8(9)10(14)13-6-7-2-1-3-12-5-7/h1-3,5,8-9H,4,6,11H2,(H,13,14). The van der Waals surface area contributed by atoms with Crippen molar-refractivity contribution in [3.05, 3.63) is 30.1 Å². The molecule has 1 fully saturated rings. The average Bonchev–Trinajstić information content (AvgIpc) is 2.94. The van der Waals surface area contributed by atoms with E-state index in [1.807, 2.05) is 12.1 Å². The molecule has 2 atom stereocenters. The maximum atomic E-state index is 11.4. The third-order valence-corrected chi connectivity index (χ3v) is 2.37. The summed E-state index contributed by atoms with van der Waals surface area (Å²) >= 11 is 0. The zero-order valence-electron chi connectivity index (χ0n) is 7.81. The molecule has 4 heteroatoms. The van der Waals surface area contributed by atoms with E-state index in [4.69, 9.17) is 5.73 Å². The fourth-order valence-electron chi connectivity index (χ4n) is 1.34. The molecule has 1 saturated carbocycles. The first-order valence-electron chi connectivity index (χ1n) is 4.69. The Bertz CT molecular complexity index is 325. The molecule has 1 aliphatic rings. The lowest BCUT2D eigenvalue weighted by molar-refractivity contribution is -0.122. The van der Waals surface area contributed by atoms with Crippen LogP contribution in [0.2, 0.25) is 0 Å². The Kier molecular flexibility index (Phi) is 2.45. The van der Waals surface area contributed by atoms with E-state index < -0.39 is 0 Å². The van der Waals surface area contributed by atoms with Crippen LogP contribution in [0.5, 0.6) is 0 Å². The summed E-state index contributed by atoms with van der Waals surface area (Å²) in [6, 6.07) is 3.86. The third kappa shape index (κ3) is 2.09. The van der Waals surface area contributed by atoms with Crippen LogP contribution in [0.15, 0.2) is 24.5 Å². The van der Waals surface area contributed by atoms with Crippen molar-refractivity contribution in [3.8, 4) is 0 Å². The van der Waals surface area contributed by atoms with Gasteiger partial charge in [-0.1, -0.05) is 6.07 Å². The average molecular weight is 191 g/mol. The fraction of sp³-hybridized carbons (Fsp3) is 0.400. The molecule has 1 amide bonds. The number of aromatic nitrogens is 1. The van der Waals surface area contributed by atoms with Crippen LogP contribution in [-0.4, -0.2) is 16.9 Å². The lowest BCUT2D eigenvalue weighted by Crippen LogP contribution is -2.26. The first kappa shape index (κ1) is 9.15. The van der Waals surface area contributed by atoms with Crippen molar-refractivity contribution in [2.75, 3.05) is 0 Å². The molecule has 0 aromatic carbocycles. The number of nitrogens with one attached hydrogen (secondary N) is 1. The van der Waals surface area contributed by atoms with Gasteiger partial charge in [-0.05, 0) is 18.1 Å². The number of nitrogens with two attached hydrogens (primary N) is 1. The van der Waals surface area contributed by atoms with Gasteiger partial charge in [-0.25, -0.2) is 0 Å². The van der Waals surface area contributed by atoms with Crippen molar-refractivity contribution in [1.82, 2.24) is 10.3 Å². The normalized spacial score (nSPS) is 24.4. The van der Waals surface area contributed by atoms with E-state index in [2.05, 4.69) is 10.3 Å². The zero-order chi connectivity index (χ0) is 9.97. The maximum absolute atomic E-state index is 11.4. The van der Waals surface area contributed by atoms with Crippen LogP contribution < -0.4 is 11.1 Å². The van der Waals surface area contributed by atoms with Gasteiger partial charge in [-0.15, -0.1) is 0 Å². The summed E-state index contributed by atoms with van der Waals surface area (Å²) in [7, 11) is 0. The molecule has 74 valence electrons. The molecule has 0 radical (unpaired) electrons. The molecule has 2 unspecified atom stereocenters. The molecule has 1 aromatic rings. The predicted molar refractivity (Wildman–Crippen MR) is 52.2 cm³/mol. The molecule has 4 nitrogen and oxygen atoms in total. The summed E-state index contributed by atoms with van der Waals surface area (Å²) in [5, 5.41) is 2.83. The quantitative estimate of drug-likeness (QED) is 0.709. The number of nitrogens with zero attached hydrogens (tertiary/aromatic N) is 1. The Morgan fingerprint density at radius 2 is 2.50 bits per heavy atom. The van der Waals surface area contributed by atoms with Gasteiger partial charge in [0.2, 0.25) is 5.91 Å². The first-order chi connectivity index (χ1) is 6.77. The van der Waals surface area contributed by atoms with Crippen LogP contribution in [0.3, 0.4) is 0 Å². The van der Waals surface area contributed by atoms with Gasteiger partial charge >= 0.3 is 0 Å². The molecule has 0 bridgehead atoms. The van der Waals surface area contributed by atoms with Crippen molar-refractivity contribution in [2.24, 2.45) is 11.7 Å². The number of carbonyl (C=O) groups is 1. The van der Waals surface area contributed by atoms with Gasteiger partial charge in [0.1, 0.15) is 0 Å².